The lowest BCUT2D eigenvalue weighted by molar-refractivity contribution is 0.0866. The first-order valence-corrected chi connectivity index (χ1v) is 5.82. The van der Waals surface area contributed by atoms with Crippen molar-refractivity contribution in [2.45, 2.75) is 0 Å². The molecule has 0 unspecified atom stereocenters. The predicted octanol–water partition coefficient (Wildman–Crippen LogP) is 2.67. The fourth-order valence-electron chi connectivity index (χ4n) is 1.22. The van der Waals surface area contributed by atoms with Crippen molar-refractivity contribution in [2.24, 2.45) is 10.1 Å². The van der Waals surface area contributed by atoms with Crippen LogP contribution in [0.1, 0.15) is 5.56 Å². The molecule has 0 aromatic heterocycles. The van der Waals surface area contributed by atoms with Gasteiger partial charge in [0, 0.05) is 37.9 Å². The molecule has 0 N–H and O–H groups in total. The van der Waals surface area contributed by atoms with Crippen molar-refractivity contribution in [3.63, 3.8) is 0 Å². The molecule has 0 atom stereocenters. The van der Waals surface area contributed by atoms with Crippen LogP contribution in [0.25, 0.3) is 0 Å². The fraction of sp³-hybridized carbons (Fsp3) is 0.231. The summed E-state index contributed by atoms with van der Waals surface area (Å²) < 4.78 is 0. The van der Waals surface area contributed by atoms with E-state index in [1.165, 1.54) is 0 Å². The molecule has 4 nitrogen and oxygen atoms in total. The molecular weight excluding hydrogens is 248 g/mol. The average molecular weight is 265 g/mol. The highest BCUT2D eigenvalue weighted by Crippen LogP contribution is 2.10. The molecule has 0 aliphatic heterocycles. The maximum Gasteiger partial charge on any atom is 0.0844 e. The molecule has 0 radical (unpaired) electrons. The molecule has 0 aliphatic carbocycles. The van der Waals surface area contributed by atoms with Crippen molar-refractivity contribution in [1.29, 1.82) is 0 Å². The number of hydrogen-bond donors (Lipinski definition) is 0. The zero-order valence-corrected chi connectivity index (χ0v) is 11.6. The smallest absolute Gasteiger partial charge is 0.0844 e. The number of hydrazone groups is 1. The molecule has 1 aromatic rings. The highest BCUT2D eigenvalue weighted by Gasteiger charge is 2.01. The van der Waals surface area contributed by atoms with E-state index in [1.54, 1.807) is 29.6 Å². The van der Waals surface area contributed by atoms with Gasteiger partial charge in [0.25, 0.3) is 0 Å². The third-order valence-corrected chi connectivity index (χ3v) is 2.70. The highest BCUT2D eigenvalue weighted by atomic mass is 35.5. The van der Waals surface area contributed by atoms with Gasteiger partial charge in [0.05, 0.1) is 11.9 Å². The van der Waals surface area contributed by atoms with E-state index >= 15 is 0 Å². The zero-order chi connectivity index (χ0) is 13.5. The Bertz CT molecular complexity index is 451. The Labute approximate surface area is 113 Å². The van der Waals surface area contributed by atoms with Gasteiger partial charge in [-0.1, -0.05) is 30.3 Å². The minimum Gasteiger partial charge on any atom is -0.286 e. The fourth-order valence-corrected chi connectivity index (χ4v) is 1.35. The van der Waals surface area contributed by atoms with Gasteiger partial charge in [0.2, 0.25) is 0 Å². The largest absolute Gasteiger partial charge is 0.286 e. The molecule has 0 saturated carbocycles. The monoisotopic (exact) mass is 264 g/mol. The van der Waals surface area contributed by atoms with Gasteiger partial charge in [0.15, 0.2) is 0 Å². The molecule has 0 bridgehead atoms. The van der Waals surface area contributed by atoms with Crippen molar-refractivity contribution in [2.75, 3.05) is 21.1 Å². The second kappa shape index (κ2) is 6.81. The summed E-state index contributed by atoms with van der Waals surface area (Å²) in [4.78, 5) is 4.20. The number of hydrogen-bond acceptors (Lipinski definition) is 4. The Morgan fingerprint density at radius 2 is 1.89 bits per heavy atom. The Balaban J connectivity index is 2.83. The molecule has 0 heterocycles. The lowest BCUT2D eigenvalue weighted by Gasteiger charge is -2.22. The number of hydrazine groups is 1. The quantitative estimate of drug-likeness (QED) is 0.605. The highest BCUT2D eigenvalue weighted by molar-refractivity contribution is 6.38. The second-order valence-electron chi connectivity index (χ2n) is 3.61. The van der Waals surface area contributed by atoms with Gasteiger partial charge in [-0.15, -0.1) is 0 Å². The molecule has 1 rings (SSSR count). The summed E-state index contributed by atoms with van der Waals surface area (Å²) in [5.74, 6) is 0. The lowest BCUT2D eigenvalue weighted by atomic mass is 10.1. The van der Waals surface area contributed by atoms with Gasteiger partial charge in [-0.25, -0.2) is 5.12 Å². The topological polar surface area (TPSA) is 31.2 Å². The number of halogens is 1. The van der Waals surface area contributed by atoms with E-state index in [9.17, 15) is 0 Å². The third-order valence-electron chi connectivity index (χ3n) is 2.45. The number of aliphatic imine (C=N–C) groups is 1. The Hall–Kier alpha value is -1.81. The number of nitrogens with zero attached hydrogens (tertiary/aromatic N) is 4. The van der Waals surface area contributed by atoms with Crippen molar-refractivity contribution in [3.8, 4) is 0 Å². The Morgan fingerprint density at radius 3 is 2.39 bits per heavy atom. The zero-order valence-electron chi connectivity index (χ0n) is 10.8. The molecule has 5 heteroatoms. The Kier molecular flexibility index (Phi) is 5.39. The molecular formula is C13H17ClN4. The first kappa shape index (κ1) is 14.3. The molecule has 0 amide bonds. The molecule has 96 valence electrons. The van der Waals surface area contributed by atoms with E-state index in [1.807, 2.05) is 38.4 Å². The second-order valence-corrected chi connectivity index (χ2v) is 4.04. The standard InChI is InChI=1S/C13H17ClN4/c1-5-17(3)18(4)16-10-13(15-2)11-6-8-12(14)9-7-11/h5-10H,1H2,2-4H3/b15-13+,16-10-. The summed E-state index contributed by atoms with van der Waals surface area (Å²) in [5, 5.41) is 8.38. The van der Waals surface area contributed by atoms with Crippen LogP contribution in [0.5, 0.6) is 0 Å². The molecule has 0 saturated heterocycles. The molecule has 0 spiro atoms. The SMILES string of the molecule is C=CN(C)N(C)/N=C\C(=N/C)c1ccc(Cl)cc1. The van der Waals surface area contributed by atoms with Crippen LogP contribution in [0.2, 0.25) is 5.02 Å². The number of benzene rings is 1. The van der Waals surface area contributed by atoms with Crippen LogP contribution in [0.4, 0.5) is 0 Å². The maximum absolute atomic E-state index is 5.85. The van der Waals surface area contributed by atoms with Gasteiger partial charge >= 0.3 is 0 Å². The molecule has 1 aromatic carbocycles. The van der Waals surface area contributed by atoms with Gasteiger partial charge in [-0.2, -0.15) is 5.10 Å². The summed E-state index contributed by atoms with van der Waals surface area (Å²) in [6.07, 6.45) is 3.37. The van der Waals surface area contributed by atoms with Crippen molar-refractivity contribution in [3.05, 3.63) is 47.6 Å². The van der Waals surface area contributed by atoms with Crippen LogP contribution in [-0.2, 0) is 0 Å². The maximum atomic E-state index is 5.85. The van der Waals surface area contributed by atoms with E-state index in [4.69, 9.17) is 11.6 Å². The van der Waals surface area contributed by atoms with Gasteiger partial charge in [-0.3, -0.25) is 10.0 Å². The van der Waals surface area contributed by atoms with Crippen LogP contribution >= 0.6 is 11.6 Å². The summed E-state index contributed by atoms with van der Waals surface area (Å²) in [7, 11) is 5.41. The van der Waals surface area contributed by atoms with Crippen LogP contribution in [0, 0.1) is 0 Å². The average Bonchev–Trinajstić information content (AvgIpc) is 2.40. The van der Waals surface area contributed by atoms with Crippen LogP contribution < -0.4 is 0 Å². The number of rotatable bonds is 5. The summed E-state index contributed by atoms with van der Waals surface area (Å²) in [6, 6.07) is 7.48. The predicted molar refractivity (Wildman–Crippen MR) is 78.1 cm³/mol. The van der Waals surface area contributed by atoms with E-state index < -0.39 is 0 Å². The van der Waals surface area contributed by atoms with E-state index in [0.29, 0.717) is 5.02 Å². The van der Waals surface area contributed by atoms with E-state index in [0.717, 1.165) is 11.3 Å². The lowest BCUT2D eigenvalue weighted by Crippen LogP contribution is -2.27. The van der Waals surface area contributed by atoms with Crippen molar-refractivity contribution >= 4 is 23.5 Å². The first-order chi connectivity index (χ1) is 8.58. The summed E-state index contributed by atoms with van der Waals surface area (Å²) in [5.41, 5.74) is 1.76. The van der Waals surface area contributed by atoms with Crippen LogP contribution in [-0.4, -0.2) is 43.2 Å². The van der Waals surface area contributed by atoms with Crippen molar-refractivity contribution in [1.82, 2.24) is 10.1 Å². The van der Waals surface area contributed by atoms with Crippen LogP contribution in [0.15, 0.2) is 47.1 Å². The minimum atomic E-state index is 0.703. The van der Waals surface area contributed by atoms with Gasteiger partial charge < -0.3 is 0 Å². The third kappa shape index (κ3) is 3.89. The van der Waals surface area contributed by atoms with E-state index in [2.05, 4.69) is 16.7 Å². The minimum absolute atomic E-state index is 0.703. The molecule has 0 fully saturated rings. The van der Waals surface area contributed by atoms with Crippen LogP contribution in [0.3, 0.4) is 0 Å². The summed E-state index contributed by atoms with van der Waals surface area (Å²) >= 11 is 5.85. The molecule has 18 heavy (non-hydrogen) atoms. The van der Waals surface area contributed by atoms with Gasteiger partial charge in [0.1, 0.15) is 0 Å². The Morgan fingerprint density at radius 1 is 1.28 bits per heavy atom. The first-order valence-electron chi connectivity index (χ1n) is 5.44. The van der Waals surface area contributed by atoms with Crippen molar-refractivity contribution < 1.29 is 0 Å². The normalized spacial score (nSPS) is 11.7. The molecule has 0 aliphatic rings. The van der Waals surface area contributed by atoms with E-state index in [-0.39, 0.29) is 0 Å². The summed E-state index contributed by atoms with van der Waals surface area (Å²) in [6.45, 7) is 3.66. The van der Waals surface area contributed by atoms with Gasteiger partial charge in [-0.05, 0) is 12.1 Å².